The number of furan rings is 1. The monoisotopic (exact) mass is 392 g/mol. The summed E-state index contributed by atoms with van der Waals surface area (Å²) >= 11 is 1.29. The first-order valence-electron chi connectivity index (χ1n) is 8.99. The second kappa shape index (κ2) is 7.05. The Labute approximate surface area is 164 Å². The molecule has 1 saturated carbocycles. The van der Waals surface area contributed by atoms with E-state index in [1.165, 1.54) is 11.3 Å². The third-order valence-corrected chi connectivity index (χ3v) is 5.51. The van der Waals surface area contributed by atoms with Crippen molar-refractivity contribution in [1.29, 1.82) is 0 Å². The van der Waals surface area contributed by atoms with E-state index in [2.05, 4.69) is 20.4 Å². The zero-order valence-electron chi connectivity index (χ0n) is 14.8. The van der Waals surface area contributed by atoms with Crippen LogP contribution in [-0.2, 0) is 6.54 Å². The van der Waals surface area contributed by atoms with Gasteiger partial charge < -0.3 is 14.3 Å². The maximum atomic E-state index is 12.9. The van der Waals surface area contributed by atoms with Crippen molar-refractivity contribution in [3.8, 4) is 22.0 Å². The third-order valence-electron chi connectivity index (χ3n) is 4.44. The number of rotatable bonds is 6. The van der Waals surface area contributed by atoms with Gasteiger partial charge in [-0.3, -0.25) is 4.79 Å². The van der Waals surface area contributed by atoms with E-state index in [9.17, 15) is 4.79 Å². The van der Waals surface area contributed by atoms with Crippen LogP contribution in [0.1, 0.15) is 40.1 Å². The summed E-state index contributed by atoms with van der Waals surface area (Å²) in [6.45, 7) is 0.181. The molecule has 0 radical (unpaired) electrons. The summed E-state index contributed by atoms with van der Waals surface area (Å²) in [5.41, 5.74) is 1.49. The number of nitrogens with one attached hydrogen (secondary N) is 1. The minimum absolute atomic E-state index is 0.181. The summed E-state index contributed by atoms with van der Waals surface area (Å²) in [7, 11) is 0. The Morgan fingerprint density at radius 3 is 2.75 bits per heavy atom. The van der Waals surface area contributed by atoms with Crippen LogP contribution in [0.25, 0.3) is 22.0 Å². The highest BCUT2D eigenvalue weighted by Crippen LogP contribution is 2.38. The summed E-state index contributed by atoms with van der Waals surface area (Å²) in [6.07, 6.45) is 3.79. The minimum atomic E-state index is -0.236. The molecule has 28 heavy (non-hydrogen) atoms. The van der Waals surface area contributed by atoms with Crippen LogP contribution in [0.4, 0.5) is 0 Å². The van der Waals surface area contributed by atoms with E-state index in [-0.39, 0.29) is 12.5 Å². The van der Waals surface area contributed by atoms with Crippen molar-refractivity contribution in [3.05, 3.63) is 65.3 Å². The van der Waals surface area contributed by atoms with Crippen LogP contribution in [0, 0.1) is 0 Å². The van der Waals surface area contributed by atoms with Crippen molar-refractivity contribution in [2.24, 2.45) is 0 Å². The fourth-order valence-electron chi connectivity index (χ4n) is 2.85. The molecule has 1 aliphatic rings. The first-order valence-corrected chi connectivity index (χ1v) is 9.80. The Morgan fingerprint density at radius 2 is 2.00 bits per heavy atom. The minimum Gasteiger partial charge on any atom is -0.462 e. The lowest BCUT2D eigenvalue weighted by molar-refractivity contribution is 0.0950. The second-order valence-corrected chi connectivity index (χ2v) is 7.54. The lowest BCUT2D eigenvalue weighted by atomic mass is 10.1. The van der Waals surface area contributed by atoms with E-state index >= 15 is 0 Å². The smallest absolute Gasteiger partial charge is 0.264 e. The van der Waals surface area contributed by atoms with E-state index < -0.39 is 0 Å². The molecule has 3 aromatic heterocycles. The summed E-state index contributed by atoms with van der Waals surface area (Å²) in [5, 5.41) is 7.49. The first-order chi connectivity index (χ1) is 13.8. The van der Waals surface area contributed by atoms with Gasteiger partial charge in [0.1, 0.15) is 4.88 Å². The van der Waals surface area contributed by atoms with Crippen molar-refractivity contribution in [1.82, 2.24) is 20.4 Å². The summed E-state index contributed by atoms with van der Waals surface area (Å²) in [4.78, 5) is 22.4. The highest BCUT2D eigenvalue weighted by Gasteiger charge is 2.29. The predicted octanol–water partition coefficient (Wildman–Crippen LogP) is 4.26. The van der Waals surface area contributed by atoms with Gasteiger partial charge in [-0.05, 0) is 25.0 Å². The molecule has 0 unspecified atom stereocenters. The lowest BCUT2D eigenvalue weighted by Gasteiger charge is -2.03. The van der Waals surface area contributed by atoms with Crippen LogP contribution < -0.4 is 5.32 Å². The molecule has 0 bridgehead atoms. The van der Waals surface area contributed by atoms with Gasteiger partial charge in [-0.2, -0.15) is 4.98 Å². The topological polar surface area (TPSA) is 94.1 Å². The van der Waals surface area contributed by atoms with Crippen LogP contribution in [0.3, 0.4) is 0 Å². The molecule has 0 aliphatic heterocycles. The van der Waals surface area contributed by atoms with Crippen molar-refractivity contribution < 1.29 is 13.7 Å². The molecule has 1 N–H and O–H groups in total. The maximum Gasteiger partial charge on any atom is 0.264 e. The standard InChI is InChI=1S/C20H16N4O3S/c25-19(21-11-15-22-18(24-27-15)13-8-9-13)17-16(12-5-2-1-3-6-12)23-20(28-17)14-7-4-10-26-14/h1-7,10,13H,8-9,11H2,(H,21,25). The van der Waals surface area contributed by atoms with Crippen molar-refractivity contribution in [2.45, 2.75) is 25.3 Å². The van der Waals surface area contributed by atoms with Gasteiger partial charge in [-0.25, -0.2) is 4.98 Å². The Morgan fingerprint density at radius 1 is 1.14 bits per heavy atom. The Kier molecular flexibility index (Phi) is 4.25. The fraction of sp³-hybridized carbons (Fsp3) is 0.200. The molecule has 0 atom stereocenters. The first kappa shape index (κ1) is 16.9. The Balaban J connectivity index is 1.41. The summed E-state index contributed by atoms with van der Waals surface area (Å²) in [5.74, 6) is 1.95. The Hall–Kier alpha value is -3.26. The average molecular weight is 392 g/mol. The van der Waals surface area contributed by atoms with Gasteiger partial charge in [0, 0.05) is 11.5 Å². The number of hydrogen-bond acceptors (Lipinski definition) is 7. The van der Waals surface area contributed by atoms with E-state index in [4.69, 9.17) is 8.94 Å². The van der Waals surface area contributed by atoms with Crippen LogP contribution in [0.15, 0.2) is 57.7 Å². The number of carbonyl (C=O) groups excluding carboxylic acids is 1. The predicted molar refractivity (Wildman–Crippen MR) is 103 cm³/mol. The third kappa shape index (κ3) is 3.34. The van der Waals surface area contributed by atoms with E-state index in [1.807, 2.05) is 36.4 Å². The van der Waals surface area contributed by atoms with Gasteiger partial charge in [0.05, 0.1) is 18.5 Å². The number of aromatic nitrogens is 3. The molecule has 0 saturated heterocycles. The van der Waals surface area contributed by atoms with Gasteiger partial charge in [-0.15, -0.1) is 11.3 Å². The molecule has 3 heterocycles. The number of benzene rings is 1. The number of hydrogen-bond donors (Lipinski definition) is 1. The molecule has 7 nitrogen and oxygen atoms in total. The van der Waals surface area contributed by atoms with Gasteiger partial charge in [-0.1, -0.05) is 35.5 Å². The quantitative estimate of drug-likeness (QED) is 0.527. The van der Waals surface area contributed by atoms with Crippen molar-refractivity contribution in [3.63, 3.8) is 0 Å². The molecule has 1 aliphatic carbocycles. The number of nitrogens with zero attached hydrogens (tertiary/aromatic N) is 3. The maximum absolute atomic E-state index is 12.9. The highest BCUT2D eigenvalue weighted by atomic mass is 32.1. The fourth-order valence-corrected chi connectivity index (χ4v) is 3.83. The van der Waals surface area contributed by atoms with Gasteiger partial charge in [0.25, 0.3) is 5.91 Å². The highest BCUT2D eigenvalue weighted by molar-refractivity contribution is 7.17. The molecule has 5 rings (SSSR count). The van der Waals surface area contributed by atoms with Crippen LogP contribution in [-0.4, -0.2) is 21.0 Å². The van der Waals surface area contributed by atoms with Crippen molar-refractivity contribution in [2.75, 3.05) is 0 Å². The molecule has 8 heteroatoms. The second-order valence-electron chi connectivity index (χ2n) is 6.54. The Bertz CT molecular complexity index is 1100. The van der Waals surface area contributed by atoms with Crippen LogP contribution in [0.5, 0.6) is 0 Å². The molecular formula is C20H16N4O3S. The van der Waals surface area contributed by atoms with Gasteiger partial charge >= 0.3 is 0 Å². The summed E-state index contributed by atoms with van der Waals surface area (Å²) < 4.78 is 10.7. The van der Waals surface area contributed by atoms with E-state index in [0.717, 1.165) is 24.2 Å². The number of amides is 1. The largest absolute Gasteiger partial charge is 0.462 e. The molecular weight excluding hydrogens is 376 g/mol. The van der Waals surface area contributed by atoms with Crippen LogP contribution >= 0.6 is 11.3 Å². The molecule has 4 aromatic rings. The van der Waals surface area contributed by atoms with Gasteiger partial charge in [0.15, 0.2) is 16.6 Å². The molecule has 1 aromatic carbocycles. The van der Waals surface area contributed by atoms with Crippen LogP contribution in [0.2, 0.25) is 0 Å². The SMILES string of the molecule is O=C(NCc1nc(C2CC2)no1)c1sc(-c2ccco2)nc1-c1ccccc1. The molecule has 140 valence electrons. The summed E-state index contributed by atoms with van der Waals surface area (Å²) in [6, 6.07) is 13.2. The van der Waals surface area contributed by atoms with E-state index in [1.54, 1.807) is 12.3 Å². The van der Waals surface area contributed by atoms with Crippen molar-refractivity contribution >= 4 is 17.2 Å². The molecule has 1 fully saturated rings. The zero-order valence-corrected chi connectivity index (χ0v) is 15.6. The zero-order chi connectivity index (χ0) is 18.9. The molecule has 0 spiro atoms. The lowest BCUT2D eigenvalue weighted by Crippen LogP contribution is -2.22. The average Bonchev–Trinajstić information content (AvgIpc) is 3.16. The normalized spacial score (nSPS) is 13.6. The number of carbonyl (C=O) groups is 1. The molecule has 1 amide bonds. The van der Waals surface area contributed by atoms with E-state index in [0.29, 0.717) is 33.1 Å². The van der Waals surface area contributed by atoms with Gasteiger partial charge in [0.2, 0.25) is 5.89 Å². The number of thiazole rings is 1.